The molecular weight excluding hydrogens is 396 g/mol. The monoisotopic (exact) mass is 412 g/mol. The van der Waals surface area contributed by atoms with Crippen LogP contribution in [0.4, 0.5) is 0 Å². The molecule has 0 aliphatic carbocycles. The van der Waals surface area contributed by atoms with Gasteiger partial charge in [0.25, 0.3) is 5.91 Å². The minimum atomic E-state index is -0.538. The summed E-state index contributed by atoms with van der Waals surface area (Å²) in [5.74, 6) is 0.416. The van der Waals surface area contributed by atoms with Crippen molar-refractivity contribution >= 4 is 29.7 Å². The number of hydrogen-bond donors (Lipinski definition) is 1. The van der Waals surface area contributed by atoms with Crippen molar-refractivity contribution in [3.63, 3.8) is 0 Å². The van der Waals surface area contributed by atoms with Gasteiger partial charge >= 0.3 is 5.97 Å². The van der Waals surface area contributed by atoms with Crippen LogP contribution in [0.3, 0.4) is 0 Å². The maximum absolute atomic E-state index is 12.2. The number of amides is 1. The van der Waals surface area contributed by atoms with Gasteiger partial charge in [-0.25, -0.2) is 10.2 Å². The van der Waals surface area contributed by atoms with E-state index in [2.05, 4.69) is 10.5 Å². The van der Waals surface area contributed by atoms with Gasteiger partial charge in [-0.05, 0) is 42.5 Å². The summed E-state index contributed by atoms with van der Waals surface area (Å²) in [5.41, 5.74) is 3.67. The molecular formula is C21H17ClN2O5. The first-order valence-corrected chi connectivity index (χ1v) is 8.85. The smallest absolute Gasteiger partial charge is 0.339 e. The molecule has 0 bridgehead atoms. The van der Waals surface area contributed by atoms with E-state index >= 15 is 0 Å². The van der Waals surface area contributed by atoms with Gasteiger partial charge in [-0.3, -0.25) is 4.79 Å². The molecule has 3 aromatic rings. The summed E-state index contributed by atoms with van der Waals surface area (Å²) in [7, 11) is 2.77. The third kappa shape index (κ3) is 4.64. The molecule has 0 spiro atoms. The minimum absolute atomic E-state index is 0.238. The lowest BCUT2D eigenvalue weighted by Gasteiger charge is -2.05. The molecule has 0 unspecified atom stereocenters. The number of carbonyl (C=O) groups excluding carboxylic acids is 2. The SMILES string of the molecule is COC(=O)c1cc(-c2ccc(C=NNC(=O)c3ccccc3OC)o2)ccc1Cl. The average molecular weight is 413 g/mol. The highest BCUT2D eigenvalue weighted by molar-refractivity contribution is 6.33. The zero-order valence-corrected chi connectivity index (χ0v) is 16.4. The summed E-state index contributed by atoms with van der Waals surface area (Å²) < 4.78 is 15.6. The number of benzene rings is 2. The number of esters is 1. The predicted octanol–water partition coefficient (Wildman–Crippen LogP) is 4.16. The first-order valence-electron chi connectivity index (χ1n) is 8.48. The van der Waals surface area contributed by atoms with E-state index < -0.39 is 11.9 Å². The molecule has 1 amide bonds. The van der Waals surface area contributed by atoms with Gasteiger partial charge in [0.2, 0.25) is 0 Å². The molecule has 0 saturated heterocycles. The summed E-state index contributed by atoms with van der Waals surface area (Å²) in [4.78, 5) is 24.0. The Hall–Kier alpha value is -3.58. The lowest BCUT2D eigenvalue weighted by atomic mass is 10.1. The highest BCUT2D eigenvalue weighted by Gasteiger charge is 2.14. The Morgan fingerprint density at radius 1 is 1.07 bits per heavy atom. The molecule has 7 nitrogen and oxygen atoms in total. The molecule has 0 saturated carbocycles. The largest absolute Gasteiger partial charge is 0.496 e. The van der Waals surface area contributed by atoms with Crippen LogP contribution < -0.4 is 10.2 Å². The van der Waals surface area contributed by atoms with Gasteiger partial charge in [0, 0.05) is 5.56 Å². The van der Waals surface area contributed by atoms with Gasteiger partial charge in [0.1, 0.15) is 17.3 Å². The molecule has 0 fully saturated rings. The number of rotatable bonds is 6. The maximum atomic E-state index is 12.2. The molecule has 0 aliphatic heterocycles. The predicted molar refractivity (Wildman–Crippen MR) is 109 cm³/mol. The van der Waals surface area contributed by atoms with Gasteiger partial charge in [-0.15, -0.1) is 0 Å². The molecule has 29 heavy (non-hydrogen) atoms. The first kappa shape index (κ1) is 20.2. The van der Waals surface area contributed by atoms with Crippen LogP contribution in [0.2, 0.25) is 5.02 Å². The second-order valence-corrected chi connectivity index (χ2v) is 6.19. The van der Waals surface area contributed by atoms with Crippen molar-refractivity contribution in [1.29, 1.82) is 0 Å². The van der Waals surface area contributed by atoms with Crippen molar-refractivity contribution in [2.24, 2.45) is 5.10 Å². The highest BCUT2D eigenvalue weighted by Crippen LogP contribution is 2.27. The van der Waals surface area contributed by atoms with Crippen LogP contribution >= 0.6 is 11.6 Å². The molecule has 0 radical (unpaired) electrons. The zero-order chi connectivity index (χ0) is 20.8. The molecule has 1 aromatic heterocycles. The van der Waals surface area contributed by atoms with E-state index in [1.807, 2.05) is 0 Å². The number of furan rings is 1. The number of nitrogens with zero attached hydrogens (tertiary/aromatic N) is 1. The highest BCUT2D eigenvalue weighted by atomic mass is 35.5. The zero-order valence-electron chi connectivity index (χ0n) is 15.6. The number of nitrogens with one attached hydrogen (secondary N) is 1. The van der Waals surface area contributed by atoms with E-state index in [1.54, 1.807) is 54.6 Å². The van der Waals surface area contributed by atoms with Crippen LogP contribution in [0.1, 0.15) is 26.5 Å². The fourth-order valence-corrected chi connectivity index (χ4v) is 2.76. The Bertz CT molecular complexity index is 1070. The quantitative estimate of drug-likeness (QED) is 0.373. The van der Waals surface area contributed by atoms with Crippen LogP contribution in [0, 0.1) is 0 Å². The second-order valence-electron chi connectivity index (χ2n) is 5.79. The summed E-state index contributed by atoms with van der Waals surface area (Å²) in [6, 6.07) is 15.1. The normalized spacial score (nSPS) is 10.7. The lowest BCUT2D eigenvalue weighted by molar-refractivity contribution is 0.0601. The van der Waals surface area contributed by atoms with E-state index in [1.165, 1.54) is 20.4 Å². The number of halogens is 1. The van der Waals surface area contributed by atoms with E-state index in [9.17, 15) is 9.59 Å². The molecule has 148 valence electrons. The summed E-state index contributed by atoms with van der Waals surface area (Å²) in [5, 5.41) is 4.19. The van der Waals surface area contributed by atoms with E-state index in [-0.39, 0.29) is 10.6 Å². The van der Waals surface area contributed by atoms with Crippen molar-refractivity contribution in [2.45, 2.75) is 0 Å². The number of hydrogen-bond acceptors (Lipinski definition) is 6. The van der Waals surface area contributed by atoms with E-state index in [0.29, 0.717) is 28.4 Å². The summed E-state index contributed by atoms with van der Waals surface area (Å²) in [6.07, 6.45) is 1.37. The van der Waals surface area contributed by atoms with Crippen molar-refractivity contribution in [3.8, 4) is 17.1 Å². The molecule has 2 aromatic carbocycles. The third-order valence-electron chi connectivity index (χ3n) is 3.99. The number of para-hydroxylation sites is 1. The van der Waals surface area contributed by atoms with Crippen LogP contribution in [-0.2, 0) is 4.74 Å². The van der Waals surface area contributed by atoms with Gasteiger partial charge in [0.05, 0.1) is 36.6 Å². The topological polar surface area (TPSA) is 90.1 Å². The fourth-order valence-electron chi connectivity index (χ4n) is 2.57. The van der Waals surface area contributed by atoms with Crippen molar-refractivity contribution in [3.05, 3.63) is 76.5 Å². The van der Waals surface area contributed by atoms with Gasteiger partial charge in [0.15, 0.2) is 0 Å². The maximum Gasteiger partial charge on any atom is 0.339 e. The van der Waals surface area contributed by atoms with Gasteiger partial charge in [-0.1, -0.05) is 23.7 Å². The second kappa shape index (κ2) is 9.07. The summed E-state index contributed by atoms with van der Waals surface area (Å²) in [6.45, 7) is 0. The van der Waals surface area contributed by atoms with Crippen molar-refractivity contribution in [2.75, 3.05) is 14.2 Å². The van der Waals surface area contributed by atoms with E-state index in [4.69, 9.17) is 25.5 Å². The Morgan fingerprint density at radius 3 is 2.62 bits per heavy atom. The first-order chi connectivity index (χ1) is 14.0. The molecule has 3 rings (SSSR count). The molecule has 0 aliphatic rings. The van der Waals surface area contributed by atoms with Gasteiger partial charge in [-0.2, -0.15) is 5.10 Å². The molecule has 0 atom stereocenters. The lowest BCUT2D eigenvalue weighted by Crippen LogP contribution is -2.18. The molecule has 8 heteroatoms. The number of methoxy groups -OCH3 is 2. The Morgan fingerprint density at radius 2 is 1.86 bits per heavy atom. The third-order valence-corrected chi connectivity index (χ3v) is 4.32. The minimum Gasteiger partial charge on any atom is -0.496 e. The fraction of sp³-hybridized carbons (Fsp3) is 0.0952. The molecule has 1 N–H and O–H groups in total. The number of hydrazone groups is 1. The van der Waals surface area contributed by atoms with Gasteiger partial charge < -0.3 is 13.9 Å². The number of carbonyl (C=O) groups is 2. The standard InChI is InChI=1S/C21H17ClN2O5/c1-27-19-6-4-3-5-15(19)20(25)24-23-12-14-8-10-18(29-14)13-7-9-17(22)16(11-13)21(26)28-2/h3-12H,1-2H3,(H,24,25). The van der Waals surface area contributed by atoms with Crippen molar-refractivity contribution < 1.29 is 23.5 Å². The van der Waals surface area contributed by atoms with E-state index in [0.717, 1.165) is 0 Å². The molecule has 1 heterocycles. The van der Waals surface area contributed by atoms with Crippen LogP contribution in [0.5, 0.6) is 5.75 Å². The van der Waals surface area contributed by atoms with Crippen LogP contribution in [-0.4, -0.2) is 32.3 Å². The van der Waals surface area contributed by atoms with Crippen LogP contribution in [0.15, 0.2) is 64.1 Å². The number of ether oxygens (including phenoxy) is 2. The van der Waals surface area contributed by atoms with Crippen molar-refractivity contribution in [1.82, 2.24) is 5.43 Å². The Balaban J connectivity index is 1.72. The Kier molecular flexibility index (Phi) is 6.31. The average Bonchev–Trinajstić information content (AvgIpc) is 3.22. The Labute approximate surface area is 171 Å². The van der Waals surface area contributed by atoms with Crippen LogP contribution in [0.25, 0.3) is 11.3 Å². The summed E-state index contributed by atoms with van der Waals surface area (Å²) >= 11 is 6.03.